The first kappa shape index (κ1) is 11.5. The van der Waals surface area contributed by atoms with Gasteiger partial charge in [-0.25, -0.2) is 4.68 Å². The van der Waals surface area contributed by atoms with Crippen LogP contribution in [0.4, 0.5) is 0 Å². The maximum absolute atomic E-state index is 4.23. The highest BCUT2D eigenvalue weighted by Crippen LogP contribution is 2.27. The quantitative estimate of drug-likeness (QED) is 0.824. The van der Waals surface area contributed by atoms with E-state index in [9.17, 15) is 0 Å². The first-order valence-electron chi connectivity index (χ1n) is 6.59. The summed E-state index contributed by atoms with van der Waals surface area (Å²) >= 11 is 0. The van der Waals surface area contributed by atoms with Crippen molar-refractivity contribution in [2.75, 3.05) is 0 Å². The van der Waals surface area contributed by atoms with Crippen LogP contribution in [0.2, 0.25) is 0 Å². The second-order valence-corrected chi connectivity index (χ2v) is 5.22. The molecule has 1 aliphatic heterocycles. The Bertz CT molecular complexity index is 493. The van der Waals surface area contributed by atoms with E-state index >= 15 is 0 Å². The number of benzene rings is 1. The Kier molecular flexibility index (Phi) is 2.92. The van der Waals surface area contributed by atoms with Crippen LogP contribution in [0, 0.1) is 0 Å². The summed E-state index contributed by atoms with van der Waals surface area (Å²) in [5, 5.41) is 4.23. The number of likely N-dealkylation sites (tertiary alicyclic amines) is 1. The van der Waals surface area contributed by atoms with Crippen molar-refractivity contribution >= 4 is 0 Å². The molecular formula is C15H19N3. The van der Waals surface area contributed by atoms with Crippen LogP contribution in [-0.2, 0) is 6.54 Å². The molecule has 0 amide bonds. The van der Waals surface area contributed by atoms with E-state index in [0.29, 0.717) is 0 Å². The van der Waals surface area contributed by atoms with Gasteiger partial charge in [-0.2, -0.15) is 5.10 Å². The lowest BCUT2D eigenvalue weighted by atomic mass is 9.95. The minimum atomic E-state index is 0.728. The molecule has 2 aromatic rings. The second kappa shape index (κ2) is 4.58. The van der Waals surface area contributed by atoms with Crippen molar-refractivity contribution in [3.63, 3.8) is 0 Å². The molecule has 0 radical (unpaired) electrons. The van der Waals surface area contributed by atoms with Gasteiger partial charge in [-0.15, -0.1) is 0 Å². The average Bonchev–Trinajstić information content (AvgIpc) is 2.91. The Morgan fingerprint density at radius 2 is 1.89 bits per heavy atom. The van der Waals surface area contributed by atoms with Crippen LogP contribution in [0.5, 0.6) is 0 Å². The Hall–Kier alpha value is -1.61. The van der Waals surface area contributed by atoms with E-state index in [1.807, 2.05) is 16.9 Å². The molecule has 0 spiro atoms. The molecule has 0 bridgehead atoms. The summed E-state index contributed by atoms with van der Waals surface area (Å²) in [6.45, 7) is 5.66. The van der Waals surface area contributed by atoms with Crippen molar-refractivity contribution in [1.29, 1.82) is 0 Å². The van der Waals surface area contributed by atoms with Crippen molar-refractivity contribution in [1.82, 2.24) is 14.7 Å². The zero-order chi connectivity index (χ0) is 12.5. The van der Waals surface area contributed by atoms with Crippen LogP contribution in [0.15, 0.2) is 42.7 Å². The number of rotatable bonds is 3. The third-order valence-electron chi connectivity index (χ3n) is 3.88. The Morgan fingerprint density at radius 3 is 2.44 bits per heavy atom. The topological polar surface area (TPSA) is 21.1 Å². The zero-order valence-electron chi connectivity index (χ0n) is 11.0. The minimum absolute atomic E-state index is 0.728. The molecule has 1 aromatic carbocycles. The third-order valence-corrected chi connectivity index (χ3v) is 3.88. The molecule has 1 fully saturated rings. The highest BCUT2D eigenvalue weighted by atomic mass is 15.3. The van der Waals surface area contributed by atoms with E-state index < -0.39 is 0 Å². The van der Waals surface area contributed by atoms with Crippen LogP contribution in [0.3, 0.4) is 0 Å². The van der Waals surface area contributed by atoms with Crippen LogP contribution in [0.25, 0.3) is 5.69 Å². The molecule has 3 heteroatoms. The van der Waals surface area contributed by atoms with Gasteiger partial charge in [0.1, 0.15) is 0 Å². The van der Waals surface area contributed by atoms with Crippen molar-refractivity contribution in [3.05, 3.63) is 48.3 Å². The molecular weight excluding hydrogens is 222 g/mol. The summed E-state index contributed by atoms with van der Waals surface area (Å²) in [6.07, 6.45) is 5.09. The number of nitrogens with zero attached hydrogens (tertiary/aromatic N) is 3. The lowest BCUT2D eigenvalue weighted by molar-refractivity contribution is 0.0296. The fourth-order valence-electron chi connectivity index (χ4n) is 2.76. The van der Waals surface area contributed by atoms with Crippen LogP contribution in [-0.4, -0.2) is 26.8 Å². The second-order valence-electron chi connectivity index (χ2n) is 5.22. The molecule has 0 saturated carbocycles. The zero-order valence-corrected chi connectivity index (χ0v) is 11.0. The van der Waals surface area contributed by atoms with E-state index in [1.54, 1.807) is 6.20 Å². The first-order valence-corrected chi connectivity index (χ1v) is 6.59. The fraction of sp³-hybridized carbons (Fsp3) is 0.400. The number of hydrogen-bond acceptors (Lipinski definition) is 2. The largest absolute Gasteiger partial charge is 0.294 e. The summed E-state index contributed by atoms with van der Waals surface area (Å²) in [7, 11) is 0. The molecule has 1 saturated heterocycles. The Labute approximate surface area is 108 Å². The van der Waals surface area contributed by atoms with Crippen LogP contribution >= 0.6 is 0 Å². The van der Waals surface area contributed by atoms with Gasteiger partial charge in [0.2, 0.25) is 0 Å². The van der Waals surface area contributed by atoms with Gasteiger partial charge >= 0.3 is 0 Å². The van der Waals surface area contributed by atoms with Crippen molar-refractivity contribution in [2.24, 2.45) is 0 Å². The predicted molar refractivity (Wildman–Crippen MR) is 72.6 cm³/mol. The standard InChI is InChI=1S/C15H19N3/c1-12-10-13(2)17(12)11-14-4-6-15(7-5-14)18-9-3-8-16-18/h3-9,12-13H,10-11H2,1-2H3. The summed E-state index contributed by atoms with van der Waals surface area (Å²) in [6, 6.07) is 12.1. The molecule has 18 heavy (non-hydrogen) atoms. The van der Waals surface area contributed by atoms with Crippen molar-refractivity contribution in [2.45, 2.75) is 38.9 Å². The van der Waals surface area contributed by atoms with Crippen molar-refractivity contribution < 1.29 is 0 Å². The Balaban J connectivity index is 1.72. The summed E-state index contributed by atoms with van der Waals surface area (Å²) < 4.78 is 1.89. The lowest BCUT2D eigenvalue weighted by Crippen LogP contribution is -2.51. The maximum Gasteiger partial charge on any atom is 0.0645 e. The molecule has 3 rings (SSSR count). The molecule has 1 aliphatic rings. The molecule has 1 aromatic heterocycles. The molecule has 2 atom stereocenters. The first-order chi connectivity index (χ1) is 8.74. The molecule has 0 N–H and O–H groups in total. The molecule has 0 aliphatic carbocycles. The average molecular weight is 241 g/mol. The van der Waals surface area contributed by atoms with E-state index in [4.69, 9.17) is 0 Å². The molecule has 94 valence electrons. The maximum atomic E-state index is 4.23. The highest BCUT2D eigenvalue weighted by Gasteiger charge is 2.30. The summed E-state index contributed by atoms with van der Waals surface area (Å²) in [5.74, 6) is 0. The van der Waals surface area contributed by atoms with Gasteiger partial charge in [0.05, 0.1) is 5.69 Å². The summed E-state index contributed by atoms with van der Waals surface area (Å²) in [4.78, 5) is 2.54. The molecule has 3 nitrogen and oxygen atoms in total. The fourth-order valence-corrected chi connectivity index (χ4v) is 2.76. The van der Waals surface area contributed by atoms with E-state index in [-0.39, 0.29) is 0 Å². The van der Waals surface area contributed by atoms with Crippen LogP contribution in [0.1, 0.15) is 25.8 Å². The van der Waals surface area contributed by atoms with Crippen LogP contribution < -0.4 is 0 Å². The SMILES string of the molecule is CC1CC(C)N1Cc1ccc(-n2cccn2)cc1. The van der Waals surface area contributed by atoms with E-state index in [0.717, 1.165) is 24.3 Å². The Morgan fingerprint density at radius 1 is 1.17 bits per heavy atom. The van der Waals surface area contributed by atoms with Gasteiger partial charge in [-0.3, -0.25) is 4.90 Å². The monoisotopic (exact) mass is 241 g/mol. The van der Waals surface area contributed by atoms with Gasteiger partial charge in [-0.1, -0.05) is 12.1 Å². The van der Waals surface area contributed by atoms with Gasteiger partial charge in [0.15, 0.2) is 0 Å². The van der Waals surface area contributed by atoms with Crippen molar-refractivity contribution in [3.8, 4) is 5.69 Å². The lowest BCUT2D eigenvalue weighted by Gasteiger charge is -2.45. The molecule has 2 unspecified atom stereocenters. The smallest absolute Gasteiger partial charge is 0.0645 e. The highest BCUT2D eigenvalue weighted by molar-refractivity contribution is 5.33. The minimum Gasteiger partial charge on any atom is -0.294 e. The summed E-state index contributed by atoms with van der Waals surface area (Å²) in [5.41, 5.74) is 2.50. The normalized spacial score (nSPS) is 23.9. The third kappa shape index (κ3) is 2.06. The van der Waals surface area contributed by atoms with E-state index in [2.05, 4.69) is 48.1 Å². The van der Waals surface area contributed by atoms with Gasteiger partial charge < -0.3 is 0 Å². The number of hydrogen-bond donors (Lipinski definition) is 0. The van der Waals surface area contributed by atoms with Gasteiger partial charge in [0.25, 0.3) is 0 Å². The van der Waals surface area contributed by atoms with Gasteiger partial charge in [0, 0.05) is 31.0 Å². The molecule has 2 heterocycles. The van der Waals surface area contributed by atoms with Gasteiger partial charge in [-0.05, 0) is 44.0 Å². The van der Waals surface area contributed by atoms with E-state index in [1.165, 1.54) is 12.0 Å². The predicted octanol–water partition coefficient (Wildman–Crippen LogP) is 2.86. The number of aromatic nitrogens is 2.